The largest absolute Gasteiger partial charge is 0.384 e. The molecule has 0 saturated carbocycles. The average molecular weight is 348 g/mol. The van der Waals surface area contributed by atoms with E-state index >= 15 is 0 Å². The van der Waals surface area contributed by atoms with Gasteiger partial charge in [-0.05, 0) is 43.2 Å². The van der Waals surface area contributed by atoms with E-state index in [0.717, 1.165) is 34.4 Å². The van der Waals surface area contributed by atoms with Crippen LogP contribution in [0.5, 0.6) is 0 Å². The lowest BCUT2D eigenvalue weighted by Crippen LogP contribution is -2.13. The monoisotopic (exact) mass is 347 g/mol. The summed E-state index contributed by atoms with van der Waals surface area (Å²) in [5.41, 5.74) is 3.19. The van der Waals surface area contributed by atoms with Gasteiger partial charge in [-0.3, -0.25) is 4.79 Å². The molecule has 0 aliphatic rings. The molecule has 1 amide bonds. The Kier molecular flexibility index (Phi) is 5.33. The molecular formula is C16H18BrN3O. The summed E-state index contributed by atoms with van der Waals surface area (Å²) < 4.78 is 0.965. The molecule has 0 saturated heterocycles. The molecule has 2 aromatic rings. The number of anilines is 2. The van der Waals surface area contributed by atoms with Crippen LogP contribution in [0.25, 0.3) is 0 Å². The Labute approximate surface area is 133 Å². The number of benzene rings is 1. The van der Waals surface area contributed by atoms with Crippen LogP contribution in [0.2, 0.25) is 0 Å². The molecule has 4 nitrogen and oxygen atoms in total. The van der Waals surface area contributed by atoms with Crippen LogP contribution in [0.1, 0.15) is 29.4 Å². The Balaban J connectivity index is 2.04. The lowest BCUT2D eigenvalue weighted by molar-refractivity contribution is 0.102. The van der Waals surface area contributed by atoms with Crippen molar-refractivity contribution in [1.29, 1.82) is 0 Å². The van der Waals surface area contributed by atoms with E-state index in [2.05, 4.69) is 38.5 Å². The van der Waals surface area contributed by atoms with Crippen LogP contribution in [-0.4, -0.2) is 17.4 Å². The van der Waals surface area contributed by atoms with Crippen molar-refractivity contribution in [3.8, 4) is 0 Å². The minimum Gasteiger partial charge on any atom is -0.384 e. The molecule has 0 fully saturated rings. The number of hydrogen-bond donors (Lipinski definition) is 2. The summed E-state index contributed by atoms with van der Waals surface area (Å²) >= 11 is 3.45. The molecule has 1 heterocycles. The Bertz CT molecular complexity index is 626. The Morgan fingerprint density at radius 1 is 1.24 bits per heavy atom. The number of pyridine rings is 1. The molecular weight excluding hydrogens is 330 g/mol. The minimum atomic E-state index is -0.215. The van der Waals surface area contributed by atoms with Crippen LogP contribution in [0, 0.1) is 6.92 Å². The van der Waals surface area contributed by atoms with Gasteiger partial charge in [0.25, 0.3) is 5.91 Å². The van der Waals surface area contributed by atoms with E-state index in [-0.39, 0.29) is 5.91 Å². The number of rotatable bonds is 5. The highest BCUT2D eigenvalue weighted by Gasteiger charge is 2.08. The zero-order valence-corrected chi connectivity index (χ0v) is 13.7. The van der Waals surface area contributed by atoms with Gasteiger partial charge in [-0.1, -0.05) is 28.9 Å². The maximum atomic E-state index is 12.1. The van der Waals surface area contributed by atoms with Crippen LogP contribution in [0.15, 0.2) is 41.0 Å². The lowest BCUT2D eigenvalue weighted by atomic mass is 10.2. The van der Waals surface area contributed by atoms with Gasteiger partial charge in [0.1, 0.15) is 5.69 Å². The number of aryl methyl sites for hydroxylation is 1. The maximum absolute atomic E-state index is 12.1. The van der Waals surface area contributed by atoms with Crippen LogP contribution >= 0.6 is 15.9 Å². The number of nitrogens with zero attached hydrogens (tertiary/aromatic N) is 1. The summed E-state index contributed by atoms with van der Waals surface area (Å²) in [5.74, 6) is -0.215. The van der Waals surface area contributed by atoms with Crippen molar-refractivity contribution >= 4 is 33.2 Å². The van der Waals surface area contributed by atoms with Crippen molar-refractivity contribution in [2.75, 3.05) is 17.2 Å². The lowest BCUT2D eigenvalue weighted by Gasteiger charge is -2.08. The Hall–Kier alpha value is -1.88. The molecule has 0 atom stereocenters. The summed E-state index contributed by atoms with van der Waals surface area (Å²) in [4.78, 5) is 16.3. The highest BCUT2D eigenvalue weighted by Crippen LogP contribution is 2.21. The second-order valence-electron chi connectivity index (χ2n) is 4.78. The van der Waals surface area contributed by atoms with Gasteiger partial charge in [0, 0.05) is 16.7 Å². The van der Waals surface area contributed by atoms with Gasteiger partial charge in [-0.15, -0.1) is 0 Å². The second-order valence-corrected chi connectivity index (χ2v) is 5.63. The highest BCUT2D eigenvalue weighted by molar-refractivity contribution is 9.10. The number of carbonyl (C=O) groups is 1. The quantitative estimate of drug-likeness (QED) is 0.850. The van der Waals surface area contributed by atoms with Gasteiger partial charge in [-0.25, -0.2) is 4.98 Å². The van der Waals surface area contributed by atoms with Crippen LogP contribution < -0.4 is 10.6 Å². The molecule has 0 bridgehead atoms. The molecule has 1 aromatic heterocycles. The first-order valence-corrected chi connectivity index (χ1v) is 7.67. The summed E-state index contributed by atoms with van der Waals surface area (Å²) in [7, 11) is 0. The topological polar surface area (TPSA) is 54.0 Å². The molecule has 0 unspecified atom stereocenters. The third-order valence-electron chi connectivity index (χ3n) is 3.00. The molecule has 21 heavy (non-hydrogen) atoms. The summed E-state index contributed by atoms with van der Waals surface area (Å²) in [5, 5.41) is 6.06. The van der Waals surface area contributed by atoms with Gasteiger partial charge in [0.15, 0.2) is 0 Å². The van der Waals surface area contributed by atoms with Crippen molar-refractivity contribution in [1.82, 2.24) is 4.98 Å². The molecule has 1 aromatic carbocycles. The summed E-state index contributed by atoms with van der Waals surface area (Å²) in [6.45, 7) is 4.99. The Morgan fingerprint density at radius 2 is 2.00 bits per heavy atom. The van der Waals surface area contributed by atoms with Crippen LogP contribution in [0.3, 0.4) is 0 Å². The van der Waals surface area contributed by atoms with E-state index in [1.165, 1.54) is 0 Å². The van der Waals surface area contributed by atoms with Gasteiger partial charge < -0.3 is 10.6 Å². The third kappa shape index (κ3) is 4.29. The predicted molar refractivity (Wildman–Crippen MR) is 89.8 cm³/mol. The summed E-state index contributed by atoms with van der Waals surface area (Å²) in [6, 6.07) is 9.28. The normalized spacial score (nSPS) is 10.2. The standard InChI is InChI=1S/C16H18BrN3O/c1-3-8-18-13-6-7-15(19-10-13)16(21)20-12-5-4-11(2)14(17)9-12/h4-7,9-10,18H,3,8H2,1-2H3,(H,20,21). The number of nitrogens with one attached hydrogen (secondary N) is 2. The fourth-order valence-electron chi connectivity index (χ4n) is 1.77. The highest BCUT2D eigenvalue weighted by atomic mass is 79.9. The van der Waals surface area contributed by atoms with Crippen molar-refractivity contribution in [2.45, 2.75) is 20.3 Å². The first-order chi connectivity index (χ1) is 10.1. The molecule has 0 radical (unpaired) electrons. The second kappa shape index (κ2) is 7.22. The van der Waals surface area contributed by atoms with Crippen molar-refractivity contribution < 1.29 is 4.79 Å². The van der Waals surface area contributed by atoms with E-state index in [0.29, 0.717) is 5.69 Å². The fourth-order valence-corrected chi connectivity index (χ4v) is 2.15. The minimum absolute atomic E-state index is 0.215. The number of carbonyl (C=O) groups excluding carboxylic acids is 1. The number of halogens is 1. The molecule has 5 heteroatoms. The van der Waals surface area contributed by atoms with Gasteiger partial charge >= 0.3 is 0 Å². The van der Waals surface area contributed by atoms with Crippen LogP contribution in [0.4, 0.5) is 11.4 Å². The van der Waals surface area contributed by atoms with Gasteiger partial charge in [0.2, 0.25) is 0 Å². The fraction of sp³-hybridized carbons (Fsp3) is 0.250. The van der Waals surface area contributed by atoms with E-state index < -0.39 is 0 Å². The van der Waals surface area contributed by atoms with Crippen molar-refractivity contribution in [3.05, 3.63) is 52.3 Å². The van der Waals surface area contributed by atoms with E-state index in [1.54, 1.807) is 12.3 Å². The van der Waals surface area contributed by atoms with Crippen molar-refractivity contribution in [2.24, 2.45) is 0 Å². The first-order valence-electron chi connectivity index (χ1n) is 6.87. The zero-order chi connectivity index (χ0) is 15.2. The van der Waals surface area contributed by atoms with E-state index in [4.69, 9.17) is 0 Å². The molecule has 0 aliphatic heterocycles. The molecule has 0 aliphatic carbocycles. The average Bonchev–Trinajstić information content (AvgIpc) is 2.49. The maximum Gasteiger partial charge on any atom is 0.274 e. The van der Waals surface area contributed by atoms with Gasteiger partial charge in [-0.2, -0.15) is 0 Å². The molecule has 0 spiro atoms. The number of amides is 1. The van der Waals surface area contributed by atoms with Crippen LogP contribution in [-0.2, 0) is 0 Å². The smallest absolute Gasteiger partial charge is 0.274 e. The summed E-state index contributed by atoms with van der Waals surface area (Å²) in [6.07, 6.45) is 2.72. The SMILES string of the molecule is CCCNc1ccc(C(=O)Nc2ccc(C)c(Br)c2)nc1. The van der Waals surface area contributed by atoms with Crippen molar-refractivity contribution in [3.63, 3.8) is 0 Å². The molecule has 2 rings (SSSR count). The number of hydrogen-bond acceptors (Lipinski definition) is 3. The number of aromatic nitrogens is 1. The zero-order valence-electron chi connectivity index (χ0n) is 12.1. The molecule has 2 N–H and O–H groups in total. The Morgan fingerprint density at radius 3 is 2.62 bits per heavy atom. The first kappa shape index (κ1) is 15.5. The van der Waals surface area contributed by atoms with E-state index in [9.17, 15) is 4.79 Å². The van der Waals surface area contributed by atoms with E-state index in [1.807, 2.05) is 31.2 Å². The van der Waals surface area contributed by atoms with Gasteiger partial charge in [0.05, 0.1) is 11.9 Å². The molecule has 110 valence electrons. The predicted octanol–water partition coefficient (Wildman–Crippen LogP) is 4.23. The third-order valence-corrected chi connectivity index (χ3v) is 3.86.